The van der Waals surface area contributed by atoms with Gasteiger partial charge in [-0.15, -0.1) is 0 Å². The second-order valence-electron chi connectivity index (χ2n) is 18.7. The zero-order valence-corrected chi connectivity index (χ0v) is 35.2. The molecule has 2 aromatic heterocycles. The molecule has 14 rings (SSSR count). The number of nitrogens with zero attached hydrogens (tertiary/aromatic N) is 4. The van der Waals surface area contributed by atoms with Crippen LogP contribution >= 0.6 is 0 Å². The monoisotopic (exact) mass is 810 g/mol. The van der Waals surface area contributed by atoms with Crippen molar-refractivity contribution in [3.05, 3.63) is 194 Å². The average molecular weight is 811 g/mol. The van der Waals surface area contributed by atoms with E-state index in [2.05, 4.69) is 193 Å². The van der Waals surface area contributed by atoms with Crippen molar-refractivity contribution in [1.82, 2.24) is 19.5 Å². The van der Waals surface area contributed by atoms with E-state index in [1.807, 2.05) is 0 Å². The Labute approximate surface area is 368 Å². The number of aromatic nitrogens is 4. The molecular weight excluding hydrogens is 765 g/mol. The Bertz CT molecular complexity index is 3290. The van der Waals surface area contributed by atoms with Crippen LogP contribution in [0.1, 0.15) is 44.1 Å². The van der Waals surface area contributed by atoms with Crippen LogP contribution in [0.3, 0.4) is 0 Å². The Morgan fingerprint density at radius 2 is 0.889 bits per heavy atom. The van der Waals surface area contributed by atoms with Crippen LogP contribution in [0.5, 0.6) is 0 Å². The lowest BCUT2D eigenvalue weighted by Gasteiger charge is -2.57. The minimum atomic E-state index is 0.388. The highest BCUT2D eigenvalue weighted by atomic mass is 15.2. The maximum Gasteiger partial charge on any atom is 0.238 e. The lowest BCUT2D eigenvalue weighted by Crippen LogP contribution is -2.48. The van der Waals surface area contributed by atoms with Gasteiger partial charge >= 0.3 is 0 Å². The summed E-state index contributed by atoms with van der Waals surface area (Å²) < 4.78 is 2.19. The number of hydrogen-bond donors (Lipinski definition) is 0. The number of para-hydroxylation sites is 2. The summed E-state index contributed by atoms with van der Waals surface area (Å²) in [7, 11) is 0. The van der Waals surface area contributed by atoms with Crippen molar-refractivity contribution in [1.29, 1.82) is 0 Å². The van der Waals surface area contributed by atoms with Gasteiger partial charge in [0, 0.05) is 21.9 Å². The van der Waals surface area contributed by atoms with Gasteiger partial charge in [0.1, 0.15) is 0 Å². The minimum Gasteiger partial charge on any atom is -0.278 e. The highest BCUT2D eigenvalue weighted by Gasteiger charge is 2.51. The molecule has 0 amide bonds. The molecule has 0 saturated heterocycles. The van der Waals surface area contributed by atoms with Gasteiger partial charge in [-0.1, -0.05) is 164 Å². The maximum atomic E-state index is 5.33. The molecule has 4 saturated carbocycles. The Morgan fingerprint density at radius 1 is 0.397 bits per heavy atom. The van der Waals surface area contributed by atoms with Gasteiger partial charge in [-0.2, -0.15) is 9.97 Å². The maximum absolute atomic E-state index is 5.33. The molecule has 0 unspecified atom stereocenters. The summed E-state index contributed by atoms with van der Waals surface area (Å²) in [5, 5.41) is 4.83. The van der Waals surface area contributed by atoms with Crippen molar-refractivity contribution in [3.63, 3.8) is 0 Å². The smallest absolute Gasteiger partial charge is 0.238 e. The molecule has 4 heteroatoms. The first-order valence-electron chi connectivity index (χ1n) is 22.8. The molecule has 8 aromatic carbocycles. The van der Waals surface area contributed by atoms with E-state index in [0.717, 1.165) is 56.6 Å². The molecule has 4 fully saturated rings. The molecular formula is C59H46N4. The van der Waals surface area contributed by atoms with Gasteiger partial charge < -0.3 is 0 Å². The van der Waals surface area contributed by atoms with Gasteiger partial charge in [-0.3, -0.25) is 4.57 Å². The van der Waals surface area contributed by atoms with E-state index >= 15 is 0 Å². The van der Waals surface area contributed by atoms with Crippen molar-refractivity contribution in [2.24, 2.45) is 17.8 Å². The van der Waals surface area contributed by atoms with E-state index < -0.39 is 0 Å². The Hall–Kier alpha value is -7.17. The predicted octanol–water partition coefficient (Wildman–Crippen LogP) is 14.9. The van der Waals surface area contributed by atoms with Gasteiger partial charge in [0.2, 0.25) is 5.95 Å². The van der Waals surface area contributed by atoms with Crippen LogP contribution in [0.25, 0.3) is 94.7 Å². The molecule has 4 nitrogen and oxygen atoms in total. The van der Waals surface area contributed by atoms with E-state index in [-0.39, 0.29) is 0 Å². The molecule has 10 aromatic rings. The first-order valence-corrected chi connectivity index (χ1v) is 22.8. The summed E-state index contributed by atoms with van der Waals surface area (Å²) in [5.41, 5.74) is 13.1. The molecule has 302 valence electrons. The second kappa shape index (κ2) is 14.5. The fourth-order valence-corrected chi connectivity index (χ4v) is 12.4. The minimum absolute atomic E-state index is 0.388. The fourth-order valence-electron chi connectivity index (χ4n) is 12.4. The summed E-state index contributed by atoms with van der Waals surface area (Å²) >= 11 is 0. The van der Waals surface area contributed by atoms with Crippen molar-refractivity contribution < 1.29 is 0 Å². The van der Waals surface area contributed by atoms with Crippen LogP contribution in [-0.4, -0.2) is 19.5 Å². The van der Waals surface area contributed by atoms with E-state index in [0.29, 0.717) is 23.0 Å². The van der Waals surface area contributed by atoms with Crippen LogP contribution < -0.4 is 0 Å². The number of benzene rings is 8. The average Bonchev–Trinajstić information content (AvgIpc) is 3.68. The summed E-state index contributed by atoms with van der Waals surface area (Å²) in [4.78, 5) is 15.9. The third-order valence-corrected chi connectivity index (χ3v) is 14.8. The molecule has 63 heavy (non-hydrogen) atoms. The normalized spacial score (nSPS) is 20.2. The highest BCUT2D eigenvalue weighted by Crippen LogP contribution is 2.61. The predicted molar refractivity (Wildman–Crippen MR) is 259 cm³/mol. The third kappa shape index (κ3) is 6.14. The van der Waals surface area contributed by atoms with Gasteiger partial charge in [-0.05, 0) is 136 Å². The quantitative estimate of drug-likeness (QED) is 0.161. The zero-order chi connectivity index (χ0) is 41.5. The van der Waals surface area contributed by atoms with E-state index in [4.69, 9.17) is 15.0 Å². The van der Waals surface area contributed by atoms with E-state index in [1.165, 1.54) is 76.8 Å². The summed E-state index contributed by atoms with van der Waals surface area (Å²) in [6.07, 6.45) is 8.56. The van der Waals surface area contributed by atoms with Gasteiger partial charge in [-0.25, -0.2) is 4.98 Å². The van der Waals surface area contributed by atoms with Gasteiger partial charge in [0.05, 0.1) is 11.0 Å². The molecule has 0 atom stereocenters. The first kappa shape index (κ1) is 36.5. The van der Waals surface area contributed by atoms with E-state index in [9.17, 15) is 0 Å². The van der Waals surface area contributed by atoms with Gasteiger partial charge in [0.15, 0.2) is 11.6 Å². The SMILES string of the molecule is c1ccc(-c2cccc(-c3nc(-c4cccc(-c5cccc6cccc(-c7ccc(C89CC%10CC(CC(C%10)C8)C9)cc7)c56)c4)nc(-n4c5ccccc5c5ccccc54)n3)c2)cc1. The summed E-state index contributed by atoms with van der Waals surface area (Å²) in [5.74, 6) is 4.65. The Balaban J connectivity index is 0.943. The molecule has 0 spiro atoms. The molecule has 4 bridgehead atoms. The molecule has 0 N–H and O–H groups in total. The van der Waals surface area contributed by atoms with Crippen LogP contribution in [0.15, 0.2) is 188 Å². The number of hydrogen-bond acceptors (Lipinski definition) is 3. The summed E-state index contributed by atoms with van der Waals surface area (Å²) in [6.45, 7) is 0. The molecule has 4 aliphatic rings. The third-order valence-electron chi connectivity index (χ3n) is 14.8. The molecule has 0 radical (unpaired) electrons. The van der Waals surface area contributed by atoms with Crippen molar-refractivity contribution >= 4 is 32.6 Å². The fraction of sp³-hybridized carbons (Fsp3) is 0.169. The summed E-state index contributed by atoms with van der Waals surface area (Å²) in [6, 6.07) is 68.1. The van der Waals surface area contributed by atoms with Crippen LogP contribution in [0.4, 0.5) is 0 Å². The number of fused-ring (bicyclic) bond motifs is 4. The topological polar surface area (TPSA) is 43.6 Å². The Kier molecular flexibility index (Phi) is 8.37. The second-order valence-corrected chi connectivity index (χ2v) is 18.7. The van der Waals surface area contributed by atoms with Crippen molar-refractivity contribution in [3.8, 4) is 62.1 Å². The van der Waals surface area contributed by atoms with Crippen molar-refractivity contribution in [2.45, 2.75) is 43.9 Å². The lowest BCUT2D eigenvalue weighted by molar-refractivity contribution is -0.00518. The van der Waals surface area contributed by atoms with Crippen LogP contribution in [-0.2, 0) is 5.41 Å². The molecule has 4 aliphatic carbocycles. The standard InChI is InChI=1S/C59H46N4/c1-2-12-41(13-3-1)44-16-8-18-46(33-44)56-60-57(62-58(61-56)63-53-24-6-4-20-51(53)52-21-5-7-25-54(52)63)47-19-9-17-45(34-47)50-23-11-15-43-14-10-22-49(55(43)50)42-26-28-48(29-27-42)59-35-38-30-39(36-59)32-40(31-38)37-59/h1-29,33-34,38-40H,30-32,35-37H2. The first-order chi connectivity index (χ1) is 31.1. The van der Waals surface area contributed by atoms with Gasteiger partial charge in [0.25, 0.3) is 0 Å². The largest absolute Gasteiger partial charge is 0.278 e. The highest BCUT2D eigenvalue weighted by molar-refractivity contribution is 6.09. The van der Waals surface area contributed by atoms with Crippen molar-refractivity contribution in [2.75, 3.05) is 0 Å². The van der Waals surface area contributed by atoms with Crippen LogP contribution in [0.2, 0.25) is 0 Å². The molecule has 0 aliphatic heterocycles. The van der Waals surface area contributed by atoms with Crippen LogP contribution in [0, 0.1) is 17.8 Å². The Morgan fingerprint density at radius 3 is 1.51 bits per heavy atom. The number of rotatable bonds is 7. The van der Waals surface area contributed by atoms with E-state index in [1.54, 1.807) is 5.56 Å². The lowest BCUT2D eigenvalue weighted by atomic mass is 9.48. The molecule has 2 heterocycles. The zero-order valence-electron chi connectivity index (χ0n) is 35.2.